The van der Waals surface area contributed by atoms with Gasteiger partial charge in [0.15, 0.2) is 5.60 Å². The number of benzene rings is 2. The van der Waals surface area contributed by atoms with Crippen LogP contribution in [0.5, 0.6) is 5.75 Å². The van der Waals surface area contributed by atoms with E-state index in [1.54, 1.807) is 13.8 Å². The van der Waals surface area contributed by atoms with Crippen molar-refractivity contribution < 1.29 is 19.4 Å². The highest BCUT2D eigenvalue weighted by molar-refractivity contribution is 5.94. The molecule has 1 aliphatic rings. The molecule has 0 radical (unpaired) electrons. The highest BCUT2D eigenvalue weighted by Crippen LogP contribution is 2.36. The quantitative estimate of drug-likeness (QED) is 0.869. The molecule has 142 valence electrons. The van der Waals surface area contributed by atoms with Crippen LogP contribution in [0.2, 0.25) is 0 Å². The van der Waals surface area contributed by atoms with Crippen LogP contribution in [-0.2, 0) is 4.79 Å². The molecule has 5 heteroatoms. The lowest BCUT2D eigenvalue weighted by molar-refractivity contribution is -0.152. The number of para-hydroxylation sites is 1. The van der Waals surface area contributed by atoms with E-state index in [9.17, 15) is 14.7 Å². The van der Waals surface area contributed by atoms with Crippen molar-refractivity contribution >= 4 is 11.9 Å². The molecule has 1 aliphatic heterocycles. The zero-order chi connectivity index (χ0) is 19.4. The molecule has 2 aromatic rings. The normalized spacial score (nSPS) is 15.4. The average Bonchev–Trinajstić information content (AvgIpc) is 2.68. The van der Waals surface area contributed by atoms with Crippen molar-refractivity contribution in [2.24, 2.45) is 0 Å². The van der Waals surface area contributed by atoms with Crippen molar-refractivity contribution in [1.29, 1.82) is 0 Å². The minimum Gasteiger partial charge on any atom is -0.478 e. The molecule has 0 saturated carbocycles. The number of carbonyl (C=O) groups is 2. The van der Waals surface area contributed by atoms with E-state index in [0.29, 0.717) is 24.4 Å². The van der Waals surface area contributed by atoms with Crippen LogP contribution >= 0.6 is 0 Å². The molecule has 0 aliphatic carbocycles. The van der Waals surface area contributed by atoms with Crippen LogP contribution < -0.4 is 4.74 Å². The number of nitrogens with zero attached hydrogens (tertiary/aromatic N) is 1. The smallest absolute Gasteiger partial charge is 0.347 e. The molecule has 27 heavy (non-hydrogen) atoms. The summed E-state index contributed by atoms with van der Waals surface area (Å²) in [6, 6.07) is 16.9. The predicted molar refractivity (Wildman–Crippen MR) is 103 cm³/mol. The summed E-state index contributed by atoms with van der Waals surface area (Å²) in [5.41, 5.74) is 0.432. The van der Waals surface area contributed by atoms with Gasteiger partial charge in [-0.1, -0.05) is 36.4 Å². The number of aliphatic carboxylic acids is 1. The van der Waals surface area contributed by atoms with Crippen LogP contribution in [0.15, 0.2) is 54.6 Å². The summed E-state index contributed by atoms with van der Waals surface area (Å²) < 4.78 is 5.81. The number of hydrogen-bond donors (Lipinski definition) is 1. The molecule has 0 aromatic heterocycles. The van der Waals surface area contributed by atoms with Crippen molar-refractivity contribution in [1.82, 2.24) is 4.90 Å². The third-order valence-electron chi connectivity index (χ3n) is 5.04. The van der Waals surface area contributed by atoms with Crippen molar-refractivity contribution in [2.75, 3.05) is 13.1 Å². The maximum atomic E-state index is 12.6. The number of carboxylic acid groups (broad SMARTS) is 1. The van der Waals surface area contributed by atoms with E-state index >= 15 is 0 Å². The number of piperidine rings is 1. The first-order valence-electron chi connectivity index (χ1n) is 9.24. The summed E-state index contributed by atoms with van der Waals surface area (Å²) in [5, 5.41) is 9.34. The van der Waals surface area contributed by atoms with Gasteiger partial charge >= 0.3 is 5.97 Å². The molecule has 1 amide bonds. The maximum absolute atomic E-state index is 12.6. The Hall–Kier alpha value is -2.82. The molecule has 5 nitrogen and oxygen atoms in total. The molecule has 1 fully saturated rings. The van der Waals surface area contributed by atoms with Crippen LogP contribution in [0.4, 0.5) is 0 Å². The number of ether oxygens (including phenoxy) is 1. The number of likely N-dealkylation sites (tertiary alicyclic amines) is 1. The fourth-order valence-electron chi connectivity index (χ4n) is 3.39. The van der Waals surface area contributed by atoms with Gasteiger partial charge in [0.1, 0.15) is 5.75 Å². The summed E-state index contributed by atoms with van der Waals surface area (Å²) >= 11 is 0. The number of carbonyl (C=O) groups excluding carboxylic acids is 1. The Balaban J connectivity index is 1.70. The standard InChI is InChI=1S/C22H25NO4/c1-22(2,21(25)26)27-19-11-7-6-10-18(19)16-12-14-23(15-13-16)20(24)17-8-4-3-5-9-17/h3-11,16H,12-15H2,1-2H3,(H,25,26). The highest BCUT2D eigenvalue weighted by Gasteiger charge is 2.32. The van der Waals surface area contributed by atoms with Gasteiger partial charge in [0.2, 0.25) is 0 Å². The monoisotopic (exact) mass is 367 g/mol. The van der Waals surface area contributed by atoms with Crippen LogP contribution in [0, 0.1) is 0 Å². The molecule has 0 bridgehead atoms. The second-order valence-electron chi connectivity index (χ2n) is 7.39. The van der Waals surface area contributed by atoms with Gasteiger partial charge in [-0.05, 0) is 56.4 Å². The Morgan fingerprint density at radius 3 is 2.22 bits per heavy atom. The van der Waals surface area contributed by atoms with E-state index in [4.69, 9.17) is 4.74 Å². The Kier molecular flexibility index (Phi) is 5.49. The SMILES string of the molecule is CC(C)(Oc1ccccc1C1CCN(C(=O)c2ccccc2)CC1)C(=O)O. The van der Waals surface area contributed by atoms with Gasteiger partial charge in [-0.15, -0.1) is 0 Å². The molecule has 3 rings (SSSR count). The van der Waals surface area contributed by atoms with Crippen LogP contribution in [-0.4, -0.2) is 40.6 Å². The van der Waals surface area contributed by atoms with E-state index in [1.807, 2.05) is 59.5 Å². The van der Waals surface area contributed by atoms with E-state index in [-0.39, 0.29) is 11.8 Å². The molecule has 1 saturated heterocycles. The van der Waals surface area contributed by atoms with Crippen molar-refractivity contribution in [3.8, 4) is 5.75 Å². The summed E-state index contributed by atoms with van der Waals surface area (Å²) in [7, 11) is 0. The third-order valence-corrected chi connectivity index (χ3v) is 5.04. The first-order valence-corrected chi connectivity index (χ1v) is 9.24. The maximum Gasteiger partial charge on any atom is 0.347 e. The molecule has 0 spiro atoms. The van der Waals surface area contributed by atoms with Gasteiger partial charge in [0.05, 0.1) is 0 Å². The van der Waals surface area contributed by atoms with Gasteiger partial charge in [0.25, 0.3) is 5.91 Å². The Morgan fingerprint density at radius 2 is 1.59 bits per heavy atom. The molecule has 0 atom stereocenters. The fraction of sp³-hybridized carbons (Fsp3) is 0.364. The van der Waals surface area contributed by atoms with Crippen molar-refractivity contribution in [3.63, 3.8) is 0 Å². The zero-order valence-corrected chi connectivity index (χ0v) is 15.7. The topological polar surface area (TPSA) is 66.8 Å². The lowest BCUT2D eigenvalue weighted by Gasteiger charge is -2.33. The summed E-state index contributed by atoms with van der Waals surface area (Å²) in [6.45, 7) is 4.45. The summed E-state index contributed by atoms with van der Waals surface area (Å²) in [4.78, 5) is 25.9. The zero-order valence-electron chi connectivity index (χ0n) is 15.7. The minimum absolute atomic E-state index is 0.0607. The number of carboxylic acids is 1. The average molecular weight is 367 g/mol. The molecular formula is C22H25NO4. The molecule has 1 heterocycles. The number of hydrogen-bond acceptors (Lipinski definition) is 3. The molecule has 2 aromatic carbocycles. The largest absolute Gasteiger partial charge is 0.478 e. The van der Waals surface area contributed by atoms with Gasteiger partial charge in [-0.3, -0.25) is 4.79 Å². The van der Waals surface area contributed by atoms with Gasteiger partial charge in [-0.2, -0.15) is 0 Å². The third kappa shape index (κ3) is 4.30. The van der Waals surface area contributed by atoms with Crippen LogP contribution in [0.1, 0.15) is 48.5 Å². The number of amides is 1. The Labute approximate surface area is 159 Å². The Morgan fingerprint density at radius 1 is 1.00 bits per heavy atom. The first kappa shape index (κ1) is 19.0. The van der Waals surface area contributed by atoms with Crippen molar-refractivity contribution in [2.45, 2.75) is 38.2 Å². The molecular weight excluding hydrogens is 342 g/mol. The fourth-order valence-corrected chi connectivity index (χ4v) is 3.39. The summed E-state index contributed by atoms with van der Waals surface area (Å²) in [5.74, 6) is -0.0884. The van der Waals surface area contributed by atoms with Crippen molar-refractivity contribution in [3.05, 3.63) is 65.7 Å². The second kappa shape index (κ2) is 7.82. The molecule has 1 N–H and O–H groups in total. The van der Waals surface area contributed by atoms with Gasteiger partial charge in [0, 0.05) is 18.7 Å². The van der Waals surface area contributed by atoms with Crippen LogP contribution in [0.25, 0.3) is 0 Å². The van der Waals surface area contributed by atoms with Gasteiger partial charge in [-0.25, -0.2) is 4.79 Å². The number of rotatable bonds is 5. The van der Waals surface area contributed by atoms with Crippen LogP contribution in [0.3, 0.4) is 0 Å². The van der Waals surface area contributed by atoms with E-state index < -0.39 is 11.6 Å². The lowest BCUT2D eigenvalue weighted by atomic mass is 9.88. The van der Waals surface area contributed by atoms with Gasteiger partial charge < -0.3 is 14.7 Å². The lowest BCUT2D eigenvalue weighted by Crippen LogP contribution is -2.39. The highest BCUT2D eigenvalue weighted by atomic mass is 16.5. The first-order chi connectivity index (χ1) is 12.9. The predicted octanol–water partition coefficient (Wildman–Crippen LogP) is 3.95. The van der Waals surface area contributed by atoms with E-state index in [2.05, 4.69) is 0 Å². The minimum atomic E-state index is -1.29. The van der Waals surface area contributed by atoms with E-state index in [0.717, 1.165) is 18.4 Å². The second-order valence-corrected chi connectivity index (χ2v) is 7.39. The Bertz CT molecular complexity index is 808. The summed E-state index contributed by atoms with van der Waals surface area (Å²) in [6.07, 6.45) is 1.65. The molecule has 0 unspecified atom stereocenters. The van der Waals surface area contributed by atoms with E-state index in [1.165, 1.54) is 0 Å².